The van der Waals surface area contributed by atoms with Crippen molar-refractivity contribution in [3.05, 3.63) is 72.3 Å². The van der Waals surface area contributed by atoms with Crippen molar-refractivity contribution in [3.63, 3.8) is 0 Å². The van der Waals surface area contributed by atoms with Crippen LogP contribution in [0.2, 0.25) is 0 Å². The summed E-state index contributed by atoms with van der Waals surface area (Å²) in [6.45, 7) is 1.86. The zero-order chi connectivity index (χ0) is 13.9. The molecule has 0 saturated heterocycles. The minimum absolute atomic E-state index is 0.247. The van der Waals surface area contributed by atoms with E-state index in [1.54, 1.807) is 12.1 Å². The molecule has 0 unspecified atom stereocenters. The van der Waals surface area contributed by atoms with Crippen molar-refractivity contribution in [2.45, 2.75) is 6.92 Å². The highest BCUT2D eigenvalue weighted by molar-refractivity contribution is 5.67. The van der Waals surface area contributed by atoms with Crippen LogP contribution in [0.5, 0.6) is 0 Å². The minimum Gasteiger partial charge on any atom is -0.233 e. The largest absolute Gasteiger partial charge is 0.233 e. The van der Waals surface area contributed by atoms with Gasteiger partial charge in [-0.05, 0) is 37.3 Å². The summed E-state index contributed by atoms with van der Waals surface area (Å²) in [6, 6.07) is 18.2. The molecule has 0 fully saturated rings. The number of aromatic nitrogens is 2. The zero-order valence-corrected chi connectivity index (χ0v) is 11.0. The van der Waals surface area contributed by atoms with Crippen LogP contribution in [-0.2, 0) is 0 Å². The molecule has 1 heterocycles. The van der Waals surface area contributed by atoms with Gasteiger partial charge in [0.2, 0.25) is 0 Å². The van der Waals surface area contributed by atoms with E-state index in [2.05, 4.69) is 9.97 Å². The van der Waals surface area contributed by atoms with Gasteiger partial charge in [-0.3, -0.25) is 0 Å². The van der Waals surface area contributed by atoms with Crippen molar-refractivity contribution in [2.75, 3.05) is 0 Å². The lowest BCUT2D eigenvalue weighted by Crippen LogP contribution is -1.94. The Bertz CT molecular complexity index is 722. The molecule has 0 N–H and O–H groups in total. The van der Waals surface area contributed by atoms with Gasteiger partial charge in [0.1, 0.15) is 11.6 Å². The predicted octanol–water partition coefficient (Wildman–Crippen LogP) is 4.26. The molecule has 20 heavy (non-hydrogen) atoms. The first-order valence-electron chi connectivity index (χ1n) is 6.39. The first-order valence-corrected chi connectivity index (χ1v) is 6.39. The summed E-state index contributed by atoms with van der Waals surface area (Å²) >= 11 is 0. The smallest absolute Gasteiger partial charge is 0.126 e. The summed E-state index contributed by atoms with van der Waals surface area (Å²) in [5.41, 5.74) is 3.60. The molecular weight excluding hydrogens is 251 g/mol. The normalized spacial score (nSPS) is 10.5. The van der Waals surface area contributed by atoms with Crippen LogP contribution in [0.3, 0.4) is 0 Å². The molecular formula is C17H13FN2. The van der Waals surface area contributed by atoms with Gasteiger partial charge in [-0.25, -0.2) is 14.4 Å². The number of halogens is 1. The van der Waals surface area contributed by atoms with Gasteiger partial charge < -0.3 is 0 Å². The van der Waals surface area contributed by atoms with Crippen LogP contribution in [0.4, 0.5) is 4.39 Å². The summed E-state index contributed by atoms with van der Waals surface area (Å²) in [5, 5.41) is 0. The Hall–Kier alpha value is -2.55. The van der Waals surface area contributed by atoms with E-state index in [1.165, 1.54) is 12.1 Å². The quantitative estimate of drug-likeness (QED) is 0.691. The highest BCUT2D eigenvalue weighted by atomic mass is 19.1. The summed E-state index contributed by atoms with van der Waals surface area (Å²) in [5.74, 6) is 0.452. The molecule has 0 radical (unpaired) electrons. The fraction of sp³-hybridized carbons (Fsp3) is 0.0588. The van der Waals surface area contributed by atoms with Gasteiger partial charge in [0, 0.05) is 11.1 Å². The lowest BCUT2D eigenvalue weighted by molar-refractivity contribution is 0.628. The molecule has 0 aliphatic rings. The molecule has 0 saturated carbocycles. The fourth-order valence-corrected chi connectivity index (χ4v) is 2.09. The van der Waals surface area contributed by atoms with Gasteiger partial charge in [-0.1, -0.05) is 30.3 Å². The third kappa shape index (κ3) is 2.57. The second kappa shape index (κ2) is 5.21. The number of benzene rings is 2. The Kier molecular flexibility index (Phi) is 3.25. The maximum Gasteiger partial charge on any atom is 0.126 e. The molecule has 3 rings (SSSR count). The van der Waals surface area contributed by atoms with E-state index >= 15 is 0 Å². The first kappa shape index (κ1) is 12.5. The van der Waals surface area contributed by atoms with Crippen LogP contribution in [0.25, 0.3) is 22.5 Å². The Morgan fingerprint density at radius 2 is 1.30 bits per heavy atom. The summed E-state index contributed by atoms with van der Waals surface area (Å²) in [4.78, 5) is 8.89. The van der Waals surface area contributed by atoms with Gasteiger partial charge in [-0.15, -0.1) is 0 Å². The lowest BCUT2D eigenvalue weighted by Gasteiger charge is -2.06. The van der Waals surface area contributed by atoms with Crippen LogP contribution < -0.4 is 0 Å². The molecule has 3 heteroatoms. The molecule has 0 amide bonds. The van der Waals surface area contributed by atoms with E-state index in [0.717, 1.165) is 22.5 Å². The Morgan fingerprint density at radius 1 is 0.750 bits per heavy atom. The van der Waals surface area contributed by atoms with Gasteiger partial charge in [0.25, 0.3) is 0 Å². The van der Waals surface area contributed by atoms with E-state index in [9.17, 15) is 4.39 Å². The van der Waals surface area contributed by atoms with Crippen molar-refractivity contribution in [3.8, 4) is 22.5 Å². The number of hydrogen-bond acceptors (Lipinski definition) is 2. The summed E-state index contributed by atoms with van der Waals surface area (Å²) in [7, 11) is 0. The van der Waals surface area contributed by atoms with Gasteiger partial charge in [0.15, 0.2) is 0 Å². The third-order valence-electron chi connectivity index (χ3n) is 3.05. The molecule has 0 bridgehead atoms. The minimum atomic E-state index is -0.247. The number of rotatable bonds is 2. The topological polar surface area (TPSA) is 25.8 Å². The Morgan fingerprint density at radius 3 is 1.90 bits per heavy atom. The molecule has 1 aromatic heterocycles. The number of nitrogens with zero attached hydrogens (tertiary/aromatic N) is 2. The van der Waals surface area contributed by atoms with E-state index in [-0.39, 0.29) is 5.82 Å². The van der Waals surface area contributed by atoms with E-state index in [4.69, 9.17) is 0 Å². The Labute approximate surface area is 117 Å². The van der Waals surface area contributed by atoms with Crippen LogP contribution >= 0.6 is 0 Å². The third-order valence-corrected chi connectivity index (χ3v) is 3.05. The van der Waals surface area contributed by atoms with Crippen LogP contribution in [0, 0.1) is 12.7 Å². The van der Waals surface area contributed by atoms with E-state index < -0.39 is 0 Å². The predicted molar refractivity (Wildman–Crippen MR) is 77.6 cm³/mol. The SMILES string of the molecule is Cc1nc(-c2ccccc2)cc(-c2ccc(F)cc2)n1. The molecule has 0 atom stereocenters. The molecule has 2 nitrogen and oxygen atoms in total. The lowest BCUT2D eigenvalue weighted by atomic mass is 10.1. The van der Waals surface area contributed by atoms with Crippen LogP contribution in [0.1, 0.15) is 5.82 Å². The highest BCUT2D eigenvalue weighted by Crippen LogP contribution is 2.23. The average Bonchev–Trinajstić information content (AvgIpc) is 2.48. The van der Waals surface area contributed by atoms with E-state index in [1.807, 2.05) is 43.3 Å². The summed E-state index contributed by atoms with van der Waals surface area (Å²) < 4.78 is 13.0. The molecule has 3 aromatic rings. The van der Waals surface area contributed by atoms with Crippen molar-refractivity contribution in [2.24, 2.45) is 0 Å². The van der Waals surface area contributed by atoms with Crippen molar-refractivity contribution in [1.82, 2.24) is 9.97 Å². The molecule has 0 aliphatic carbocycles. The van der Waals surface area contributed by atoms with Crippen molar-refractivity contribution < 1.29 is 4.39 Å². The second-order valence-corrected chi connectivity index (χ2v) is 4.56. The van der Waals surface area contributed by atoms with Crippen LogP contribution in [-0.4, -0.2) is 9.97 Å². The van der Waals surface area contributed by atoms with Gasteiger partial charge in [-0.2, -0.15) is 0 Å². The maximum absolute atomic E-state index is 13.0. The molecule has 0 spiro atoms. The van der Waals surface area contributed by atoms with Crippen molar-refractivity contribution >= 4 is 0 Å². The number of hydrogen-bond donors (Lipinski definition) is 0. The molecule has 0 aliphatic heterocycles. The summed E-state index contributed by atoms with van der Waals surface area (Å²) in [6.07, 6.45) is 0. The fourth-order valence-electron chi connectivity index (χ4n) is 2.09. The maximum atomic E-state index is 13.0. The van der Waals surface area contributed by atoms with Gasteiger partial charge in [0.05, 0.1) is 11.4 Å². The highest BCUT2D eigenvalue weighted by Gasteiger charge is 2.06. The number of aryl methyl sites for hydroxylation is 1. The standard InChI is InChI=1S/C17H13FN2/c1-12-19-16(13-5-3-2-4-6-13)11-17(20-12)14-7-9-15(18)10-8-14/h2-11H,1H3. The molecule has 98 valence electrons. The zero-order valence-electron chi connectivity index (χ0n) is 11.0. The monoisotopic (exact) mass is 264 g/mol. The molecule has 2 aromatic carbocycles. The average molecular weight is 264 g/mol. The second-order valence-electron chi connectivity index (χ2n) is 4.56. The first-order chi connectivity index (χ1) is 9.72. The Balaban J connectivity index is 2.09. The van der Waals surface area contributed by atoms with E-state index in [0.29, 0.717) is 5.82 Å². The van der Waals surface area contributed by atoms with Gasteiger partial charge >= 0.3 is 0 Å². The van der Waals surface area contributed by atoms with Crippen LogP contribution in [0.15, 0.2) is 60.7 Å². The van der Waals surface area contributed by atoms with Crippen molar-refractivity contribution in [1.29, 1.82) is 0 Å².